The largest absolute Gasteiger partial charge is 0.457 e. The van der Waals surface area contributed by atoms with Gasteiger partial charge in [-0.3, -0.25) is 5.32 Å². The van der Waals surface area contributed by atoms with Crippen molar-refractivity contribution in [2.75, 3.05) is 32.3 Å². The fraction of sp³-hybridized carbons (Fsp3) is 0.368. The number of nitrogens with zero attached hydrogens (tertiary/aromatic N) is 1. The molecule has 4 nitrogen and oxygen atoms in total. The molecule has 0 bridgehead atoms. The van der Waals surface area contributed by atoms with Crippen molar-refractivity contribution in [3.05, 3.63) is 54.1 Å². The van der Waals surface area contributed by atoms with Gasteiger partial charge in [-0.1, -0.05) is 19.1 Å². The lowest BCUT2D eigenvalue weighted by atomic mass is 10.2. The molecule has 0 spiro atoms. The third-order valence-electron chi connectivity index (χ3n) is 3.41. The summed E-state index contributed by atoms with van der Waals surface area (Å²) in [6, 6.07) is 16.0. The van der Waals surface area contributed by atoms with E-state index in [1.807, 2.05) is 62.6 Å². The lowest BCUT2D eigenvalue weighted by Gasteiger charge is -2.13. The predicted octanol–water partition coefficient (Wildman–Crippen LogP) is 4.02. The maximum atomic E-state index is 5.85. The van der Waals surface area contributed by atoms with E-state index >= 15 is 0 Å². The first-order chi connectivity index (χ1) is 11.2. The smallest absolute Gasteiger partial charge is 0.127 e. The second-order valence-electron chi connectivity index (χ2n) is 5.63. The number of hydrogen-bond donors (Lipinski definition) is 1. The fourth-order valence-corrected chi connectivity index (χ4v) is 2.09. The Labute approximate surface area is 139 Å². The normalized spacial score (nSPS) is 10.6. The molecule has 2 rings (SSSR count). The van der Waals surface area contributed by atoms with Crippen molar-refractivity contribution in [2.24, 2.45) is 0 Å². The van der Waals surface area contributed by atoms with Gasteiger partial charge in [-0.05, 0) is 54.9 Å². The molecule has 0 unspecified atom stereocenters. The maximum absolute atomic E-state index is 5.85. The number of benzene rings is 2. The minimum atomic E-state index is 0.588. The van der Waals surface area contributed by atoms with Gasteiger partial charge in [0.05, 0.1) is 13.3 Å². The van der Waals surface area contributed by atoms with Gasteiger partial charge < -0.3 is 14.4 Å². The highest BCUT2D eigenvalue weighted by atomic mass is 16.5. The van der Waals surface area contributed by atoms with Crippen molar-refractivity contribution in [1.82, 2.24) is 5.32 Å². The zero-order chi connectivity index (χ0) is 16.5. The Bertz CT molecular complexity index is 565. The van der Waals surface area contributed by atoms with E-state index in [0.29, 0.717) is 13.3 Å². The standard InChI is InChI=1S/C19H26N2O2/c1-4-13-20-15-22-14-16-5-9-18(10-6-16)23-19-11-7-17(8-12-19)21(2)3/h5-12,20H,4,13-15H2,1-3H3. The predicted molar refractivity (Wildman–Crippen MR) is 95.2 cm³/mol. The first kappa shape index (κ1) is 17.3. The van der Waals surface area contributed by atoms with Gasteiger partial charge in [-0.2, -0.15) is 0 Å². The third-order valence-corrected chi connectivity index (χ3v) is 3.41. The molecule has 0 fully saturated rings. The van der Waals surface area contributed by atoms with Crippen LogP contribution in [0.25, 0.3) is 0 Å². The molecular formula is C19H26N2O2. The van der Waals surface area contributed by atoms with Crippen LogP contribution in [0.15, 0.2) is 48.5 Å². The first-order valence-electron chi connectivity index (χ1n) is 8.01. The maximum Gasteiger partial charge on any atom is 0.127 e. The summed E-state index contributed by atoms with van der Waals surface area (Å²) in [6.07, 6.45) is 1.12. The topological polar surface area (TPSA) is 33.7 Å². The molecule has 0 saturated carbocycles. The van der Waals surface area contributed by atoms with Crippen molar-refractivity contribution >= 4 is 5.69 Å². The van der Waals surface area contributed by atoms with Crippen LogP contribution in [0.1, 0.15) is 18.9 Å². The van der Waals surface area contributed by atoms with Gasteiger partial charge in [-0.25, -0.2) is 0 Å². The Morgan fingerprint density at radius 1 is 0.913 bits per heavy atom. The van der Waals surface area contributed by atoms with Crippen LogP contribution in [0.2, 0.25) is 0 Å². The van der Waals surface area contributed by atoms with Crippen LogP contribution in [0.5, 0.6) is 11.5 Å². The third kappa shape index (κ3) is 5.93. The van der Waals surface area contributed by atoms with E-state index in [1.165, 1.54) is 0 Å². The van der Waals surface area contributed by atoms with Gasteiger partial charge in [0.2, 0.25) is 0 Å². The first-order valence-corrected chi connectivity index (χ1v) is 8.01. The van der Waals surface area contributed by atoms with Gasteiger partial charge >= 0.3 is 0 Å². The Hall–Kier alpha value is -2.04. The quantitative estimate of drug-likeness (QED) is 0.560. The van der Waals surface area contributed by atoms with E-state index in [2.05, 4.69) is 17.1 Å². The molecule has 2 aromatic rings. The molecule has 23 heavy (non-hydrogen) atoms. The highest BCUT2D eigenvalue weighted by Gasteiger charge is 2.00. The molecule has 0 radical (unpaired) electrons. The molecule has 0 aromatic heterocycles. The molecule has 0 heterocycles. The van der Waals surface area contributed by atoms with Crippen molar-refractivity contribution in [3.8, 4) is 11.5 Å². The summed E-state index contributed by atoms with van der Waals surface area (Å²) in [7, 11) is 4.04. The monoisotopic (exact) mass is 314 g/mol. The zero-order valence-corrected chi connectivity index (χ0v) is 14.2. The molecule has 124 valence electrons. The summed E-state index contributed by atoms with van der Waals surface area (Å²) in [4.78, 5) is 2.06. The number of hydrogen-bond acceptors (Lipinski definition) is 4. The summed E-state index contributed by atoms with van der Waals surface area (Å²) in [5, 5.41) is 3.21. The van der Waals surface area contributed by atoms with Crippen LogP contribution in [-0.2, 0) is 11.3 Å². The molecule has 0 aliphatic carbocycles. The van der Waals surface area contributed by atoms with E-state index in [4.69, 9.17) is 9.47 Å². The molecule has 0 amide bonds. The van der Waals surface area contributed by atoms with Gasteiger partial charge in [0.15, 0.2) is 0 Å². The Kier molecular flexibility index (Phi) is 6.91. The Morgan fingerprint density at radius 3 is 2.09 bits per heavy atom. The van der Waals surface area contributed by atoms with Crippen LogP contribution in [-0.4, -0.2) is 27.4 Å². The van der Waals surface area contributed by atoms with E-state index in [1.54, 1.807) is 0 Å². The minimum absolute atomic E-state index is 0.588. The van der Waals surface area contributed by atoms with Crippen molar-refractivity contribution in [3.63, 3.8) is 0 Å². The van der Waals surface area contributed by atoms with Gasteiger partial charge in [0, 0.05) is 19.8 Å². The fourth-order valence-electron chi connectivity index (χ4n) is 2.09. The summed E-state index contributed by atoms with van der Waals surface area (Å²) in [5.41, 5.74) is 2.29. The van der Waals surface area contributed by atoms with E-state index < -0.39 is 0 Å². The van der Waals surface area contributed by atoms with Gasteiger partial charge in [0.25, 0.3) is 0 Å². The van der Waals surface area contributed by atoms with E-state index in [0.717, 1.165) is 35.7 Å². The number of ether oxygens (including phenoxy) is 2. The van der Waals surface area contributed by atoms with Gasteiger partial charge in [-0.15, -0.1) is 0 Å². The van der Waals surface area contributed by atoms with Crippen molar-refractivity contribution in [2.45, 2.75) is 20.0 Å². The molecule has 0 aliphatic rings. The van der Waals surface area contributed by atoms with E-state index in [-0.39, 0.29) is 0 Å². The Balaban J connectivity index is 1.82. The molecule has 2 aromatic carbocycles. The Morgan fingerprint density at radius 2 is 1.52 bits per heavy atom. The minimum Gasteiger partial charge on any atom is -0.457 e. The SMILES string of the molecule is CCCNCOCc1ccc(Oc2ccc(N(C)C)cc2)cc1. The summed E-state index contributed by atoms with van der Waals surface area (Å²) < 4.78 is 11.4. The van der Waals surface area contributed by atoms with Crippen LogP contribution >= 0.6 is 0 Å². The van der Waals surface area contributed by atoms with Gasteiger partial charge in [0.1, 0.15) is 11.5 Å². The highest BCUT2D eigenvalue weighted by Crippen LogP contribution is 2.24. The van der Waals surface area contributed by atoms with Crippen LogP contribution in [0.4, 0.5) is 5.69 Å². The average Bonchev–Trinajstić information content (AvgIpc) is 2.57. The number of anilines is 1. The molecule has 4 heteroatoms. The highest BCUT2D eigenvalue weighted by molar-refractivity contribution is 5.48. The van der Waals surface area contributed by atoms with Crippen molar-refractivity contribution in [1.29, 1.82) is 0 Å². The number of nitrogens with one attached hydrogen (secondary N) is 1. The molecule has 0 saturated heterocycles. The second kappa shape index (κ2) is 9.18. The lowest BCUT2D eigenvalue weighted by Crippen LogP contribution is -2.18. The average molecular weight is 314 g/mol. The van der Waals surface area contributed by atoms with Crippen molar-refractivity contribution < 1.29 is 9.47 Å². The second-order valence-corrected chi connectivity index (χ2v) is 5.63. The molecule has 0 aliphatic heterocycles. The lowest BCUT2D eigenvalue weighted by molar-refractivity contribution is 0.104. The van der Waals surface area contributed by atoms with E-state index in [9.17, 15) is 0 Å². The van der Waals surface area contributed by atoms with Crippen LogP contribution in [0.3, 0.4) is 0 Å². The molecule has 0 atom stereocenters. The summed E-state index contributed by atoms with van der Waals surface area (Å²) in [6.45, 7) is 4.32. The van der Waals surface area contributed by atoms with Crippen LogP contribution in [0, 0.1) is 0 Å². The number of rotatable bonds is 9. The molecular weight excluding hydrogens is 288 g/mol. The zero-order valence-electron chi connectivity index (χ0n) is 14.2. The molecule has 1 N–H and O–H groups in total. The summed E-state index contributed by atoms with van der Waals surface area (Å²) in [5.74, 6) is 1.67. The summed E-state index contributed by atoms with van der Waals surface area (Å²) >= 11 is 0. The van der Waals surface area contributed by atoms with Crippen LogP contribution < -0.4 is 15.0 Å².